The monoisotopic (exact) mass is 346 g/mol. The molecule has 136 valence electrons. The van der Waals surface area contributed by atoms with Gasteiger partial charge < -0.3 is 18.9 Å². The number of nitrogens with zero attached hydrogens (tertiary/aromatic N) is 4. The molecule has 3 rings (SSSR count). The minimum absolute atomic E-state index is 0.236. The van der Waals surface area contributed by atoms with Crippen LogP contribution in [0.3, 0.4) is 0 Å². The first kappa shape index (κ1) is 17.8. The molecule has 25 heavy (non-hydrogen) atoms. The lowest BCUT2D eigenvalue weighted by molar-refractivity contribution is 0.0119. The smallest absolute Gasteiger partial charge is 0.409 e. The maximum absolute atomic E-state index is 12.2. The van der Waals surface area contributed by atoms with E-state index in [0.717, 1.165) is 37.9 Å². The Hall–Kier alpha value is -2.04. The first-order valence-corrected chi connectivity index (χ1v) is 8.96. The summed E-state index contributed by atoms with van der Waals surface area (Å²) in [6.45, 7) is 4.59. The quantitative estimate of drug-likeness (QED) is 0.830. The summed E-state index contributed by atoms with van der Waals surface area (Å²) in [5.41, 5.74) is 1.80. The summed E-state index contributed by atoms with van der Waals surface area (Å²) >= 11 is 0. The zero-order valence-corrected chi connectivity index (χ0v) is 14.8. The van der Waals surface area contributed by atoms with Gasteiger partial charge in [-0.25, -0.2) is 4.79 Å². The Bertz CT molecular complexity index is 631. The second-order valence-corrected chi connectivity index (χ2v) is 6.75. The molecule has 7 heteroatoms. The second-order valence-electron chi connectivity index (χ2n) is 6.75. The number of ether oxygens (including phenoxy) is 2. The minimum Gasteiger partial charge on any atom is -0.448 e. The van der Waals surface area contributed by atoms with Crippen molar-refractivity contribution in [3.63, 3.8) is 0 Å². The van der Waals surface area contributed by atoms with Crippen LogP contribution in [0.5, 0.6) is 0 Å². The number of hydrogen-bond donors (Lipinski definition) is 0. The third-order valence-corrected chi connectivity index (χ3v) is 4.98. The number of nitriles is 1. The SMILES string of the molecule is Cn1cc(CN2CCCC[C@H]2COC(=O)N2CCOCC2)cc1C#N. The van der Waals surface area contributed by atoms with Crippen molar-refractivity contribution in [2.45, 2.75) is 31.8 Å². The van der Waals surface area contributed by atoms with Gasteiger partial charge in [-0.15, -0.1) is 0 Å². The van der Waals surface area contributed by atoms with Crippen LogP contribution in [0, 0.1) is 11.3 Å². The Morgan fingerprint density at radius 3 is 2.88 bits per heavy atom. The molecule has 1 atom stereocenters. The lowest BCUT2D eigenvalue weighted by Gasteiger charge is -2.35. The predicted molar refractivity (Wildman–Crippen MR) is 91.9 cm³/mol. The van der Waals surface area contributed by atoms with Crippen LogP contribution in [0.4, 0.5) is 4.79 Å². The number of amides is 1. The molecule has 0 radical (unpaired) electrons. The first-order valence-electron chi connectivity index (χ1n) is 8.96. The van der Waals surface area contributed by atoms with Crippen LogP contribution in [0.2, 0.25) is 0 Å². The number of aryl methyl sites for hydroxylation is 1. The number of rotatable bonds is 4. The lowest BCUT2D eigenvalue weighted by Crippen LogP contribution is -2.45. The molecule has 7 nitrogen and oxygen atoms in total. The number of hydrogen-bond acceptors (Lipinski definition) is 5. The number of carbonyl (C=O) groups excluding carboxylic acids is 1. The van der Waals surface area contributed by atoms with E-state index < -0.39 is 0 Å². The molecule has 2 saturated heterocycles. The van der Waals surface area contributed by atoms with Crippen molar-refractivity contribution in [1.29, 1.82) is 5.26 Å². The minimum atomic E-state index is -0.236. The topological polar surface area (TPSA) is 70.7 Å². The number of piperidine rings is 1. The van der Waals surface area contributed by atoms with Gasteiger partial charge in [0.05, 0.1) is 13.2 Å². The summed E-state index contributed by atoms with van der Waals surface area (Å²) in [6.07, 6.45) is 5.12. The summed E-state index contributed by atoms with van der Waals surface area (Å²) in [6, 6.07) is 4.38. The molecule has 0 spiro atoms. The largest absolute Gasteiger partial charge is 0.448 e. The van der Waals surface area contributed by atoms with E-state index in [1.165, 1.54) is 0 Å². The highest BCUT2D eigenvalue weighted by Crippen LogP contribution is 2.21. The number of carbonyl (C=O) groups is 1. The van der Waals surface area contributed by atoms with Gasteiger partial charge in [0.15, 0.2) is 0 Å². The van der Waals surface area contributed by atoms with E-state index >= 15 is 0 Å². The normalized spacial score (nSPS) is 21.8. The highest BCUT2D eigenvalue weighted by molar-refractivity contribution is 5.67. The molecule has 1 aromatic rings. The zero-order chi connectivity index (χ0) is 17.6. The molecular formula is C18H26N4O3. The van der Waals surface area contributed by atoms with Crippen molar-refractivity contribution >= 4 is 6.09 Å². The van der Waals surface area contributed by atoms with E-state index in [1.807, 2.05) is 23.9 Å². The van der Waals surface area contributed by atoms with E-state index in [9.17, 15) is 4.79 Å². The Labute approximate surface area is 148 Å². The van der Waals surface area contributed by atoms with Gasteiger partial charge in [-0.05, 0) is 31.0 Å². The molecule has 3 heterocycles. The lowest BCUT2D eigenvalue weighted by atomic mass is 10.0. The summed E-state index contributed by atoms with van der Waals surface area (Å²) in [5.74, 6) is 0. The number of morpholine rings is 1. The molecule has 1 amide bonds. The van der Waals surface area contributed by atoms with Gasteiger partial charge >= 0.3 is 6.09 Å². The first-order chi connectivity index (χ1) is 12.2. The summed E-state index contributed by atoms with van der Waals surface area (Å²) in [7, 11) is 1.89. The highest BCUT2D eigenvalue weighted by Gasteiger charge is 2.26. The maximum atomic E-state index is 12.2. The molecule has 0 aromatic carbocycles. The molecule has 2 aliphatic rings. The van der Waals surface area contributed by atoms with Crippen LogP contribution in [0.25, 0.3) is 0 Å². The molecule has 2 aliphatic heterocycles. The molecular weight excluding hydrogens is 320 g/mol. The average molecular weight is 346 g/mol. The van der Waals surface area contributed by atoms with Crippen LogP contribution in [0.1, 0.15) is 30.5 Å². The molecule has 2 fully saturated rings. The van der Waals surface area contributed by atoms with Crippen molar-refractivity contribution < 1.29 is 14.3 Å². The van der Waals surface area contributed by atoms with Gasteiger partial charge in [-0.3, -0.25) is 4.90 Å². The van der Waals surface area contributed by atoms with E-state index in [0.29, 0.717) is 38.6 Å². The summed E-state index contributed by atoms with van der Waals surface area (Å²) in [4.78, 5) is 16.3. The van der Waals surface area contributed by atoms with E-state index in [1.54, 1.807) is 4.90 Å². The molecule has 0 aliphatic carbocycles. The Morgan fingerprint density at radius 2 is 2.16 bits per heavy atom. The van der Waals surface area contributed by atoms with Crippen LogP contribution < -0.4 is 0 Å². The van der Waals surface area contributed by atoms with Crippen molar-refractivity contribution in [2.75, 3.05) is 39.5 Å². The Balaban J connectivity index is 1.55. The van der Waals surface area contributed by atoms with Crippen LogP contribution >= 0.6 is 0 Å². The van der Waals surface area contributed by atoms with Crippen molar-refractivity contribution in [2.24, 2.45) is 7.05 Å². The third-order valence-electron chi connectivity index (χ3n) is 4.98. The molecule has 0 unspecified atom stereocenters. The molecule has 0 saturated carbocycles. The van der Waals surface area contributed by atoms with Gasteiger partial charge in [0, 0.05) is 38.9 Å². The summed E-state index contributed by atoms with van der Waals surface area (Å²) < 4.78 is 12.7. The summed E-state index contributed by atoms with van der Waals surface area (Å²) in [5, 5.41) is 9.10. The van der Waals surface area contributed by atoms with Crippen molar-refractivity contribution in [1.82, 2.24) is 14.4 Å². The van der Waals surface area contributed by atoms with Crippen molar-refractivity contribution in [3.8, 4) is 6.07 Å². The number of aromatic nitrogens is 1. The van der Waals surface area contributed by atoms with Gasteiger partial charge in [-0.2, -0.15) is 5.26 Å². The zero-order valence-electron chi connectivity index (χ0n) is 14.8. The van der Waals surface area contributed by atoms with Crippen LogP contribution in [-0.4, -0.2) is 66.0 Å². The Kier molecular flexibility index (Phi) is 5.95. The Morgan fingerprint density at radius 1 is 1.36 bits per heavy atom. The van der Waals surface area contributed by atoms with E-state index in [4.69, 9.17) is 14.7 Å². The average Bonchev–Trinajstić information content (AvgIpc) is 3.00. The van der Waals surface area contributed by atoms with Crippen LogP contribution in [-0.2, 0) is 23.1 Å². The standard InChI is InChI=1S/C18H26N4O3/c1-20-12-15(10-17(20)11-19)13-22-5-3-2-4-16(22)14-25-18(23)21-6-8-24-9-7-21/h10,12,16H,2-9,13-14H2,1H3/t16-/m0/s1. The fourth-order valence-electron chi connectivity index (χ4n) is 3.53. The van der Waals surface area contributed by atoms with E-state index in [2.05, 4.69) is 11.0 Å². The van der Waals surface area contributed by atoms with E-state index in [-0.39, 0.29) is 12.1 Å². The molecule has 0 N–H and O–H groups in total. The fraction of sp³-hybridized carbons (Fsp3) is 0.667. The second kappa shape index (κ2) is 8.37. The predicted octanol–water partition coefficient (Wildman–Crippen LogP) is 1.72. The molecule has 1 aromatic heterocycles. The van der Waals surface area contributed by atoms with Gasteiger partial charge in [0.1, 0.15) is 18.4 Å². The van der Waals surface area contributed by atoms with Gasteiger partial charge in [0.25, 0.3) is 0 Å². The van der Waals surface area contributed by atoms with Gasteiger partial charge in [-0.1, -0.05) is 6.42 Å². The number of likely N-dealkylation sites (tertiary alicyclic amines) is 1. The fourth-order valence-corrected chi connectivity index (χ4v) is 3.53. The van der Waals surface area contributed by atoms with Crippen LogP contribution in [0.15, 0.2) is 12.3 Å². The van der Waals surface area contributed by atoms with Gasteiger partial charge in [0.2, 0.25) is 0 Å². The third kappa shape index (κ3) is 4.53. The highest BCUT2D eigenvalue weighted by atomic mass is 16.6. The molecule has 0 bridgehead atoms. The maximum Gasteiger partial charge on any atom is 0.409 e. The van der Waals surface area contributed by atoms with Crippen molar-refractivity contribution in [3.05, 3.63) is 23.5 Å².